The van der Waals surface area contributed by atoms with Crippen LogP contribution in [0.3, 0.4) is 0 Å². The van der Waals surface area contributed by atoms with Crippen molar-refractivity contribution in [1.29, 1.82) is 0 Å². The third kappa shape index (κ3) is 5.40. The molecule has 2 N–H and O–H groups in total. The molecule has 0 unspecified atom stereocenters. The van der Waals surface area contributed by atoms with Gasteiger partial charge in [-0.2, -0.15) is 0 Å². The molecule has 5 rings (SSSR count). The molecule has 0 radical (unpaired) electrons. The molecule has 1 aromatic carbocycles. The molecular weight excluding hydrogens is 472 g/mol. The average Bonchev–Trinajstić information content (AvgIpc) is 3.47. The van der Waals surface area contributed by atoms with Crippen LogP contribution in [0.1, 0.15) is 56.3 Å². The number of aliphatic hydroxyl groups excluding tert-OH is 1. The number of amides is 2. The fraction of sp³-hybridized carbons (Fsp3) is 0.679. The minimum Gasteiger partial charge on any atom is -0.388 e. The summed E-state index contributed by atoms with van der Waals surface area (Å²) in [6.07, 6.45) is 3.30. The van der Waals surface area contributed by atoms with Crippen molar-refractivity contribution in [2.45, 2.75) is 76.3 Å². The molecule has 3 aliphatic heterocycles. The number of carbonyl (C=O) groups is 3. The van der Waals surface area contributed by atoms with Crippen LogP contribution in [0.15, 0.2) is 24.3 Å². The standard InChI is InChI=1S/C28H40N4O5/c1-18(2)30-12-14-31(15-13-30)21-10-8-20(9-11-21)27(35)29-24(19-6-4-3-5-7-19)28(36)32-16-22(33)26-25(32)23(34)17-37-26/h8-11,18-19,22,24-26,33H,3-7,12-17H2,1-2H3,(H,29,35)/t22-,24+,25-,26-/m1/s1. The van der Waals surface area contributed by atoms with Crippen molar-refractivity contribution in [1.82, 2.24) is 15.1 Å². The molecule has 1 saturated carbocycles. The summed E-state index contributed by atoms with van der Waals surface area (Å²) in [6, 6.07) is 6.66. The molecule has 3 heterocycles. The number of ketones is 1. The van der Waals surface area contributed by atoms with E-state index in [0.717, 1.165) is 64.0 Å². The number of β-amino-alcohol motifs (C(OH)–C–C–N with tert-alkyl or cyclic N) is 1. The summed E-state index contributed by atoms with van der Waals surface area (Å²) in [5.41, 5.74) is 1.61. The molecule has 4 fully saturated rings. The van der Waals surface area contributed by atoms with Crippen molar-refractivity contribution in [2.24, 2.45) is 5.92 Å². The van der Waals surface area contributed by atoms with Crippen LogP contribution in [0.5, 0.6) is 0 Å². The van der Waals surface area contributed by atoms with E-state index in [2.05, 4.69) is 29.0 Å². The summed E-state index contributed by atoms with van der Waals surface area (Å²) >= 11 is 0. The number of nitrogens with zero attached hydrogens (tertiary/aromatic N) is 3. The largest absolute Gasteiger partial charge is 0.388 e. The lowest BCUT2D eigenvalue weighted by atomic mass is 9.83. The Bertz CT molecular complexity index is 985. The molecule has 9 heteroatoms. The minimum atomic E-state index is -0.891. The van der Waals surface area contributed by atoms with Gasteiger partial charge >= 0.3 is 0 Å². The molecule has 0 bridgehead atoms. The number of Topliss-reactive ketones (excluding diaryl/α,β-unsaturated/α-hetero) is 1. The summed E-state index contributed by atoms with van der Waals surface area (Å²) in [5.74, 6) is -0.750. The number of benzene rings is 1. The van der Waals surface area contributed by atoms with Crippen molar-refractivity contribution in [3.8, 4) is 0 Å². The normalized spacial score (nSPS) is 28.0. The number of fused-ring (bicyclic) bond motifs is 1. The van der Waals surface area contributed by atoms with E-state index in [4.69, 9.17) is 4.74 Å². The highest BCUT2D eigenvalue weighted by molar-refractivity contribution is 5.99. The molecule has 9 nitrogen and oxygen atoms in total. The first kappa shape index (κ1) is 26.1. The van der Waals surface area contributed by atoms with E-state index in [9.17, 15) is 19.5 Å². The molecule has 2 amide bonds. The fourth-order valence-electron chi connectivity index (χ4n) is 6.43. The van der Waals surface area contributed by atoms with Gasteiger partial charge in [-0.05, 0) is 56.9 Å². The van der Waals surface area contributed by atoms with Gasteiger partial charge in [-0.1, -0.05) is 19.3 Å². The number of piperazine rings is 1. The summed E-state index contributed by atoms with van der Waals surface area (Å²) in [5, 5.41) is 13.4. The maximum Gasteiger partial charge on any atom is 0.251 e. The van der Waals surface area contributed by atoms with E-state index in [-0.39, 0.29) is 36.7 Å². The second-order valence-electron chi connectivity index (χ2n) is 11.3. The Labute approximate surface area is 219 Å². The number of nitrogens with one attached hydrogen (secondary N) is 1. The first-order valence-corrected chi connectivity index (χ1v) is 13.9. The van der Waals surface area contributed by atoms with E-state index in [1.807, 2.05) is 24.3 Å². The molecule has 1 aliphatic carbocycles. The molecule has 3 saturated heterocycles. The Hall–Kier alpha value is -2.49. The summed E-state index contributed by atoms with van der Waals surface area (Å²) in [7, 11) is 0. The highest BCUT2D eigenvalue weighted by Crippen LogP contribution is 2.32. The maximum atomic E-state index is 13.8. The van der Waals surface area contributed by atoms with Gasteiger partial charge in [0.05, 0.1) is 6.54 Å². The van der Waals surface area contributed by atoms with Gasteiger partial charge in [0.25, 0.3) is 5.91 Å². The number of hydrogen-bond acceptors (Lipinski definition) is 7. The average molecular weight is 513 g/mol. The van der Waals surface area contributed by atoms with Crippen molar-refractivity contribution >= 4 is 23.3 Å². The Morgan fingerprint density at radius 1 is 1.03 bits per heavy atom. The van der Waals surface area contributed by atoms with Gasteiger partial charge in [0.15, 0.2) is 5.78 Å². The fourth-order valence-corrected chi connectivity index (χ4v) is 6.43. The van der Waals surface area contributed by atoms with Crippen LogP contribution in [0, 0.1) is 5.92 Å². The molecule has 4 aliphatic rings. The third-order valence-corrected chi connectivity index (χ3v) is 8.65. The zero-order valence-electron chi connectivity index (χ0n) is 22.0. The number of likely N-dealkylation sites (tertiary alicyclic amines) is 1. The van der Waals surface area contributed by atoms with Crippen LogP contribution < -0.4 is 10.2 Å². The van der Waals surface area contributed by atoms with Crippen molar-refractivity contribution in [3.63, 3.8) is 0 Å². The van der Waals surface area contributed by atoms with Gasteiger partial charge in [-0.3, -0.25) is 19.3 Å². The Morgan fingerprint density at radius 2 is 1.70 bits per heavy atom. The highest BCUT2D eigenvalue weighted by Gasteiger charge is 2.53. The minimum absolute atomic E-state index is 0.00958. The van der Waals surface area contributed by atoms with Gasteiger partial charge in [0.2, 0.25) is 5.91 Å². The van der Waals surface area contributed by atoms with Crippen molar-refractivity contribution in [3.05, 3.63) is 29.8 Å². The highest BCUT2D eigenvalue weighted by atomic mass is 16.5. The zero-order chi connectivity index (χ0) is 26.1. The first-order chi connectivity index (χ1) is 17.8. The molecule has 37 heavy (non-hydrogen) atoms. The van der Waals surface area contributed by atoms with Crippen LogP contribution in [-0.4, -0.2) is 102 Å². The summed E-state index contributed by atoms with van der Waals surface area (Å²) < 4.78 is 5.45. The SMILES string of the molecule is CC(C)N1CCN(c2ccc(C(=O)N[C@H](C(=O)N3C[C@@H](O)[C@H]4OCC(=O)[C@H]43)C3CCCCC3)cc2)CC1. The zero-order valence-corrected chi connectivity index (χ0v) is 22.0. The number of carbonyl (C=O) groups excluding carboxylic acids is 3. The molecule has 4 atom stereocenters. The van der Waals surface area contributed by atoms with E-state index < -0.39 is 24.3 Å². The van der Waals surface area contributed by atoms with Gasteiger partial charge in [0, 0.05) is 43.5 Å². The lowest BCUT2D eigenvalue weighted by Crippen LogP contribution is -2.55. The Balaban J connectivity index is 1.28. The van der Waals surface area contributed by atoms with Crippen molar-refractivity contribution < 1.29 is 24.2 Å². The van der Waals surface area contributed by atoms with Gasteiger partial charge in [0.1, 0.15) is 30.9 Å². The third-order valence-electron chi connectivity index (χ3n) is 8.65. The van der Waals surface area contributed by atoms with Crippen LogP contribution in [0.2, 0.25) is 0 Å². The van der Waals surface area contributed by atoms with E-state index >= 15 is 0 Å². The number of hydrogen-bond donors (Lipinski definition) is 2. The predicted octanol–water partition coefficient (Wildman–Crippen LogP) is 1.44. The van der Waals surface area contributed by atoms with Crippen LogP contribution >= 0.6 is 0 Å². The molecule has 0 aromatic heterocycles. The second kappa shape index (κ2) is 11.1. The van der Waals surface area contributed by atoms with E-state index in [1.54, 1.807) is 0 Å². The van der Waals surface area contributed by atoms with Crippen molar-refractivity contribution in [2.75, 3.05) is 44.2 Å². The predicted molar refractivity (Wildman–Crippen MR) is 139 cm³/mol. The van der Waals surface area contributed by atoms with Crippen LogP contribution in [-0.2, 0) is 14.3 Å². The Morgan fingerprint density at radius 3 is 2.35 bits per heavy atom. The number of anilines is 1. The molecular formula is C28H40N4O5. The quantitative estimate of drug-likeness (QED) is 0.595. The van der Waals surface area contributed by atoms with E-state index in [1.165, 1.54) is 4.90 Å². The number of ether oxygens (including phenoxy) is 1. The van der Waals surface area contributed by atoms with Gasteiger partial charge in [-0.15, -0.1) is 0 Å². The lowest BCUT2D eigenvalue weighted by Gasteiger charge is -2.38. The monoisotopic (exact) mass is 512 g/mol. The van der Waals surface area contributed by atoms with Gasteiger partial charge in [-0.25, -0.2) is 0 Å². The van der Waals surface area contributed by atoms with Crippen LogP contribution in [0.25, 0.3) is 0 Å². The topological polar surface area (TPSA) is 102 Å². The molecule has 0 spiro atoms. The van der Waals surface area contributed by atoms with E-state index in [0.29, 0.717) is 11.6 Å². The Kier molecular flexibility index (Phi) is 7.83. The maximum absolute atomic E-state index is 13.8. The number of rotatable bonds is 6. The molecule has 1 aromatic rings. The first-order valence-electron chi connectivity index (χ1n) is 13.9. The lowest BCUT2D eigenvalue weighted by molar-refractivity contribution is -0.139. The smallest absolute Gasteiger partial charge is 0.251 e. The summed E-state index contributed by atoms with van der Waals surface area (Å²) in [6.45, 7) is 8.35. The molecule has 202 valence electrons. The number of aliphatic hydroxyl groups is 1. The summed E-state index contributed by atoms with van der Waals surface area (Å²) in [4.78, 5) is 45.8. The van der Waals surface area contributed by atoms with Gasteiger partial charge < -0.3 is 25.0 Å². The van der Waals surface area contributed by atoms with Crippen LogP contribution in [0.4, 0.5) is 5.69 Å². The second-order valence-corrected chi connectivity index (χ2v) is 11.3.